The largest absolute Gasteiger partial charge is 0.456 e. The number of amides is 3. The van der Waals surface area contributed by atoms with Crippen molar-refractivity contribution in [3.05, 3.63) is 94.5 Å². The van der Waals surface area contributed by atoms with Crippen LogP contribution in [0.5, 0.6) is 0 Å². The molecule has 3 aromatic carbocycles. The second kappa shape index (κ2) is 14.4. The first-order valence-electron chi connectivity index (χ1n) is 13.4. The quantitative estimate of drug-likeness (QED) is 0.201. The SMILES string of the molecule is CNC(=O)c1ccc(Cl)cc1NC(=O)C(=O)CC[C@@H](Cc1ccccc1)C(=O)Nc1ccc(C(=O)OC(C)(C)C)cc1. The molecule has 0 unspecified atom stereocenters. The van der Waals surface area contributed by atoms with Crippen LogP contribution in [0.4, 0.5) is 11.4 Å². The number of hydrogen-bond acceptors (Lipinski definition) is 6. The van der Waals surface area contributed by atoms with Gasteiger partial charge in [0.1, 0.15) is 5.60 Å². The summed E-state index contributed by atoms with van der Waals surface area (Å²) in [6.45, 7) is 5.33. The van der Waals surface area contributed by atoms with Gasteiger partial charge >= 0.3 is 5.97 Å². The lowest BCUT2D eigenvalue weighted by Gasteiger charge is -2.19. The third-order valence-corrected chi connectivity index (χ3v) is 6.39. The van der Waals surface area contributed by atoms with Crippen molar-refractivity contribution in [1.82, 2.24) is 5.32 Å². The van der Waals surface area contributed by atoms with E-state index in [1.165, 1.54) is 25.2 Å². The van der Waals surface area contributed by atoms with E-state index in [9.17, 15) is 24.0 Å². The molecule has 0 radical (unpaired) electrons. The molecule has 10 heteroatoms. The molecule has 9 nitrogen and oxygen atoms in total. The number of carbonyl (C=O) groups excluding carboxylic acids is 5. The summed E-state index contributed by atoms with van der Waals surface area (Å²) < 4.78 is 5.37. The molecular formula is C32H34ClN3O6. The van der Waals surface area contributed by atoms with Crippen LogP contribution in [0, 0.1) is 5.92 Å². The normalized spacial score (nSPS) is 11.6. The van der Waals surface area contributed by atoms with Gasteiger partial charge in [-0.1, -0.05) is 41.9 Å². The van der Waals surface area contributed by atoms with Crippen molar-refractivity contribution < 1.29 is 28.7 Å². The van der Waals surface area contributed by atoms with E-state index in [0.29, 0.717) is 17.7 Å². The molecule has 42 heavy (non-hydrogen) atoms. The number of hydrogen-bond donors (Lipinski definition) is 3. The average molecular weight is 592 g/mol. The smallest absolute Gasteiger partial charge is 0.338 e. The number of esters is 1. The van der Waals surface area contributed by atoms with E-state index in [4.69, 9.17) is 16.3 Å². The fraction of sp³-hybridized carbons (Fsp3) is 0.281. The number of nitrogens with one attached hydrogen (secondary N) is 3. The molecule has 0 fully saturated rings. The lowest BCUT2D eigenvalue weighted by atomic mass is 9.92. The van der Waals surface area contributed by atoms with E-state index in [1.54, 1.807) is 45.0 Å². The number of halogens is 1. The summed E-state index contributed by atoms with van der Waals surface area (Å²) in [5, 5.41) is 8.06. The first kappa shape index (κ1) is 32.0. The van der Waals surface area contributed by atoms with Gasteiger partial charge < -0.3 is 20.7 Å². The highest BCUT2D eigenvalue weighted by Gasteiger charge is 2.24. The predicted octanol–water partition coefficient (Wildman–Crippen LogP) is 5.44. The molecule has 3 aromatic rings. The monoisotopic (exact) mass is 591 g/mol. The van der Waals surface area contributed by atoms with Gasteiger partial charge in [-0.15, -0.1) is 0 Å². The van der Waals surface area contributed by atoms with Crippen LogP contribution in [0.1, 0.15) is 59.9 Å². The molecule has 0 heterocycles. The number of anilines is 2. The molecule has 1 atom stereocenters. The maximum absolute atomic E-state index is 13.3. The summed E-state index contributed by atoms with van der Waals surface area (Å²) in [5.41, 5.74) is 1.33. The van der Waals surface area contributed by atoms with Crippen molar-refractivity contribution >= 4 is 52.4 Å². The zero-order valence-electron chi connectivity index (χ0n) is 24.0. The van der Waals surface area contributed by atoms with E-state index >= 15 is 0 Å². The maximum atomic E-state index is 13.3. The van der Waals surface area contributed by atoms with Crippen LogP contribution < -0.4 is 16.0 Å². The minimum absolute atomic E-state index is 0.0980. The zero-order valence-corrected chi connectivity index (χ0v) is 24.7. The lowest BCUT2D eigenvalue weighted by Crippen LogP contribution is -2.29. The fourth-order valence-corrected chi connectivity index (χ4v) is 4.23. The molecular weight excluding hydrogens is 558 g/mol. The van der Waals surface area contributed by atoms with Crippen LogP contribution >= 0.6 is 11.6 Å². The van der Waals surface area contributed by atoms with Gasteiger partial charge in [-0.3, -0.25) is 19.2 Å². The average Bonchev–Trinajstić information content (AvgIpc) is 2.94. The number of carbonyl (C=O) groups is 5. The summed E-state index contributed by atoms with van der Waals surface area (Å²) in [5.74, 6) is -3.56. The van der Waals surface area contributed by atoms with Crippen molar-refractivity contribution in [2.24, 2.45) is 5.92 Å². The van der Waals surface area contributed by atoms with E-state index in [-0.39, 0.29) is 35.0 Å². The second-order valence-corrected chi connectivity index (χ2v) is 11.1. The third-order valence-electron chi connectivity index (χ3n) is 6.16. The highest BCUT2D eigenvalue weighted by molar-refractivity contribution is 6.41. The van der Waals surface area contributed by atoms with Crippen LogP contribution in [0.3, 0.4) is 0 Å². The summed E-state index contributed by atoms with van der Waals surface area (Å²) in [6.07, 6.45) is 0.234. The highest BCUT2D eigenvalue weighted by Crippen LogP contribution is 2.23. The molecule has 3 amide bonds. The Labute approximate surface area is 250 Å². The molecule has 0 spiro atoms. The summed E-state index contributed by atoms with van der Waals surface area (Å²) in [7, 11) is 1.45. The Bertz CT molecular complexity index is 1450. The summed E-state index contributed by atoms with van der Waals surface area (Å²) in [6, 6.07) is 20.0. The van der Waals surface area contributed by atoms with Gasteiger partial charge in [0, 0.05) is 30.1 Å². The van der Waals surface area contributed by atoms with Gasteiger partial charge in [0.2, 0.25) is 11.7 Å². The van der Waals surface area contributed by atoms with Crippen LogP contribution in [-0.2, 0) is 25.5 Å². The van der Waals surface area contributed by atoms with E-state index in [1.807, 2.05) is 30.3 Å². The number of rotatable bonds is 11. The molecule has 0 saturated heterocycles. The van der Waals surface area contributed by atoms with E-state index in [2.05, 4.69) is 16.0 Å². The van der Waals surface area contributed by atoms with Crippen molar-refractivity contribution in [2.45, 2.75) is 45.6 Å². The first-order valence-corrected chi connectivity index (χ1v) is 13.8. The Morgan fingerprint density at radius 1 is 0.881 bits per heavy atom. The fourth-order valence-electron chi connectivity index (χ4n) is 4.06. The van der Waals surface area contributed by atoms with E-state index < -0.39 is 35.1 Å². The molecule has 3 rings (SSSR count). The Morgan fingerprint density at radius 2 is 1.55 bits per heavy atom. The van der Waals surface area contributed by atoms with Crippen LogP contribution in [-0.4, -0.2) is 42.1 Å². The standard InChI is InChI=1S/C32H34ClN3O6/c1-32(2,3)42-31(41)21-10-14-24(15-11-21)35-28(38)22(18-20-8-6-5-7-9-20)12-17-27(37)30(40)36-26-19-23(33)13-16-25(26)29(39)34-4/h5-11,13-16,19,22H,12,17-18H2,1-4H3,(H,34,39)(H,35,38)(H,36,40)/t22-/m0/s1. The second-order valence-electron chi connectivity index (χ2n) is 10.6. The minimum atomic E-state index is -0.918. The molecule has 0 bridgehead atoms. The number of benzene rings is 3. The van der Waals surface area contributed by atoms with Crippen LogP contribution in [0.15, 0.2) is 72.8 Å². The van der Waals surface area contributed by atoms with Gasteiger partial charge in [0.25, 0.3) is 11.8 Å². The van der Waals surface area contributed by atoms with Crippen molar-refractivity contribution in [3.8, 4) is 0 Å². The van der Waals surface area contributed by atoms with Gasteiger partial charge in [0.15, 0.2) is 0 Å². The zero-order chi connectivity index (χ0) is 30.9. The number of ether oxygens (including phenoxy) is 1. The Morgan fingerprint density at radius 3 is 2.17 bits per heavy atom. The molecule has 0 saturated carbocycles. The molecule has 0 aromatic heterocycles. The molecule has 0 aliphatic heterocycles. The van der Waals surface area contributed by atoms with Crippen LogP contribution in [0.2, 0.25) is 5.02 Å². The minimum Gasteiger partial charge on any atom is -0.456 e. The van der Waals surface area contributed by atoms with Gasteiger partial charge in [-0.2, -0.15) is 0 Å². The highest BCUT2D eigenvalue weighted by atomic mass is 35.5. The Balaban J connectivity index is 1.69. The molecule has 0 aliphatic rings. The topological polar surface area (TPSA) is 131 Å². The Hall–Kier alpha value is -4.50. The summed E-state index contributed by atoms with van der Waals surface area (Å²) >= 11 is 6.02. The first-order chi connectivity index (χ1) is 19.9. The maximum Gasteiger partial charge on any atom is 0.338 e. The summed E-state index contributed by atoms with van der Waals surface area (Å²) in [4.78, 5) is 63.3. The van der Waals surface area contributed by atoms with Crippen molar-refractivity contribution in [2.75, 3.05) is 17.7 Å². The van der Waals surface area contributed by atoms with Gasteiger partial charge in [-0.25, -0.2) is 4.79 Å². The molecule has 3 N–H and O–H groups in total. The molecule has 220 valence electrons. The third kappa shape index (κ3) is 9.55. The van der Waals surface area contributed by atoms with Gasteiger partial charge in [-0.05, 0) is 81.6 Å². The Kier molecular flexibility index (Phi) is 11.0. The van der Waals surface area contributed by atoms with Crippen molar-refractivity contribution in [1.29, 1.82) is 0 Å². The lowest BCUT2D eigenvalue weighted by molar-refractivity contribution is -0.135. The predicted molar refractivity (Wildman–Crippen MR) is 162 cm³/mol. The number of ketones is 1. The number of Topliss-reactive ketones (excluding diaryl/α,β-unsaturated/α-hetero) is 1. The van der Waals surface area contributed by atoms with Crippen LogP contribution in [0.25, 0.3) is 0 Å². The van der Waals surface area contributed by atoms with Gasteiger partial charge in [0.05, 0.1) is 16.8 Å². The van der Waals surface area contributed by atoms with E-state index in [0.717, 1.165) is 5.56 Å². The molecule has 0 aliphatic carbocycles. The van der Waals surface area contributed by atoms with Crippen molar-refractivity contribution in [3.63, 3.8) is 0 Å².